The number of amides is 1. The molecule has 2 N–H and O–H groups in total. The van der Waals surface area contributed by atoms with E-state index in [4.69, 9.17) is 27.9 Å². The Morgan fingerprint density at radius 2 is 1.53 bits per heavy atom. The minimum Gasteiger partial charge on any atom is -0.507 e. The van der Waals surface area contributed by atoms with Gasteiger partial charge >= 0.3 is 0 Å². The van der Waals surface area contributed by atoms with Crippen LogP contribution in [0.3, 0.4) is 0 Å². The molecule has 0 aliphatic heterocycles. The van der Waals surface area contributed by atoms with E-state index < -0.39 is 5.91 Å². The quantitative estimate of drug-likeness (QED) is 0.354. The number of phenols is 1. The van der Waals surface area contributed by atoms with Crippen LogP contribution < -0.4 is 10.1 Å². The van der Waals surface area contributed by atoms with Crippen LogP contribution in [0.15, 0.2) is 72.8 Å². The highest BCUT2D eigenvalue weighted by Crippen LogP contribution is 2.37. The molecule has 0 heterocycles. The predicted octanol–water partition coefficient (Wildman–Crippen LogP) is 7.21. The Hall–Kier alpha value is -3.21. The van der Waals surface area contributed by atoms with Crippen molar-refractivity contribution >= 4 is 45.6 Å². The fourth-order valence-corrected chi connectivity index (χ4v) is 3.54. The van der Waals surface area contributed by atoms with Crippen LogP contribution in [-0.4, -0.2) is 11.0 Å². The van der Waals surface area contributed by atoms with Crippen LogP contribution >= 0.6 is 23.2 Å². The number of anilines is 1. The molecule has 0 bridgehead atoms. The fraction of sp³-hybridized carbons (Fsp3) is 0.0417. The Bertz CT molecular complexity index is 1270. The van der Waals surface area contributed by atoms with Crippen molar-refractivity contribution in [2.45, 2.75) is 6.92 Å². The van der Waals surface area contributed by atoms with Gasteiger partial charge in [-0.05, 0) is 60.3 Å². The Balaban J connectivity index is 1.71. The highest BCUT2D eigenvalue weighted by Gasteiger charge is 2.16. The van der Waals surface area contributed by atoms with Gasteiger partial charge in [0.1, 0.15) is 11.5 Å². The number of rotatable bonds is 4. The number of carbonyl (C=O) groups is 1. The Kier molecular flexibility index (Phi) is 5.53. The van der Waals surface area contributed by atoms with E-state index in [0.717, 1.165) is 16.3 Å². The molecule has 6 heteroatoms. The minimum absolute atomic E-state index is 0.0502. The van der Waals surface area contributed by atoms with E-state index in [0.29, 0.717) is 27.2 Å². The molecule has 4 aromatic carbocycles. The van der Waals surface area contributed by atoms with Gasteiger partial charge in [-0.25, -0.2) is 0 Å². The summed E-state index contributed by atoms with van der Waals surface area (Å²) in [7, 11) is 0. The number of hydrogen-bond acceptors (Lipinski definition) is 3. The van der Waals surface area contributed by atoms with Crippen molar-refractivity contribution in [3.63, 3.8) is 0 Å². The molecule has 0 radical (unpaired) electrons. The van der Waals surface area contributed by atoms with Crippen LogP contribution in [0.25, 0.3) is 10.8 Å². The number of benzene rings is 4. The lowest BCUT2D eigenvalue weighted by molar-refractivity contribution is 0.102. The molecule has 0 aromatic heterocycles. The average molecular weight is 438 g/mol. The maximum Gasteiger partial charge on any atom is 0.259 e. The number of fused-ring (bicyclic) bond motifs is 1. The van der Waals surface area contributed by atoms with Gasteiger partial charge in [-0.1, -0.05) is 53.5 Å². The number of hydrogen-bond donors (Lipinski definition) is 2. The summed E-state index contributed by atoms with van der Waals surface area (Å²) in [5, 5.41) is 15.6. The van der Waals surface area contributed by atoms with E-state index in [9.17, 15) is 9.90 Å². The van der Waals surface area contributed by atoms with Gasteiger partial charge in [-0.2, -0.15) is 0 Å². The van der Waals surface area contributed by atoms with Crippen LogP contribution in [0.4, 0.5) is 5.69 Å². The molecule has 30 heavy (non-hydrogen) atoms. The normalized spacial score (nSPS) is 10.8. The third-order valence-corrected chi connectivity index (χ3v) is 5.19. The van der Waals surface area contributed by atoms with Crippen molar-refractivity contribution in [3.8, 4) is 17.2 Å². The second-order valence-electron chi connectivity index (χ2n) is 6.78. The number of nitrogens with one attached hydrogen (secondary N) is 1. The van der Waals surface area contributed by atoms with E-state index in [1.807, 2.05) is 43.3 Å². The minimum atomic E-state index is -0.532. The first-order valence-electron chi connectivity index (χ1n) is 9.18. The number of phenolic OH excluding ortho intramolecular Hbond substituents is 1. The zero-order chi connectivity index (χ0) is 21.3. The second kappa shape index (κ2) is 8.27. The third kappa shape index (κ3) is 4.06. The molecule has 0 saturated heterocycles. The van der Waals surface area contributed by atoms with Gasteiger partial charge in [0.05, 0.1) is 11.3 Å². The first-order valence-corrected chi connectivity index (χ1v) is 9.93. The number of carbonyl (C=O) groups excluding carboxylic acids is 1. The van der Waals surface area contributed by atoms with Crippen LogP contribution in [0.2, 0.25) is 10.0 Å². The smallest absolute Gasteiger partial charge is 0.259 e. The predicted molar refractivity (Wildman–Crippen MR) is 121 cm³/mol. The second-order valence-corrected chi connectivity index (χ2v) is 7.66. The number of ether oxygens (including phenoxy) is 1. The summed E-state index contributed by atoms with van der Waals surface area (Å²) < 4.78 is 6.16. The number of aromatic hydroxyl groups is 1. The summed E-state index contributed by atoms with van der Waals surface area (Å²) in [5.41, 5.74) is 1.56. The molecule has 1 amide bonds. The van der Waals surface area contributed by atoms with E-state index in [1.165, 1.54) is 18.2 Å². The largest absolute Gasteiger partial charge is 0.507 e. The van der Waals surface area contributed by atoms with E-state index in [1.54, 1.807) is 18.2 Å². The van der Waals surface area contributed by atoms with Gasteiger partial charge in [0.15, 0.2) is 5.75 Å². The molecule has 0 spiro atoms. The first-order chi connectivity index (χ1) is 14.4. The van der Waals surface area contributed by atoms with E-state index in [2.05, 4.69) is 5.32 Å². The van der Waals surface area contributed by atoms with Crippen molar-refractivity contribution in [2.24, 2.45) is 0 Å². The lowest BCUT2D eigenvalue weighted by Gasteiger charge is -2.15. The Morgan fingerprint density at radius 3 is 2.33 bits per heavy atom. The van der Waals surface area contributed by atoms with Gasteiger partial charge in [0.2, 0.25) is 0 Å². The van der Waals surface area contributed by atoms with Gasteiger partial charge in [-0.15, -0.1) is 0 Å². The average Bonchev–Trinajstić information content (AvgIpc) is 2.73. The van der Waals surface area contributed by atoms with Crippen molar-refractivity contribution < 1.29 is 14.6 Å². The molecule has 4 aromatic rings. The zero-order valence-electron chi connectivity index (χ0n) is 15.9. The summed E-state index contributed by atoms with van der Waals surface area (Å²) in [5.74, 6) is 0.365. The standard InChI is InChI=1S/C24H17Cl2NO3/c1-14-6-10-22(18-5-3-2-4-17(14)18)30-23-11-8-16(26)13-20(23)27-24(29)19-12-15(25)7-9-21(19)28/h2-13,28H,1H3,(H,27,29). The SMILES string of the molecule is Cc1ccc(Oc2ccc(Cl)cc2NC(=O)c2cc(Cl)ccc2O)c2ccccc12. The maximum atomic E-state index is 12.7. The number of halogens is 2. The molecule has 0 unspecified atom stereocenters. The molecule has 0 saturated carbocycles. The van der Waals surface area contributed by atoms with E-state index in [-0.39, 0.29) is 11.3 Å². The molecule has 0 fully saturated rings. The monoisotopic (exact) mass is 437 g/mol. The lowest BCUT2D eigenvalue weighted by atomic mass is 10.0. The van der Waals surface area contributed by atoms with Crippen LogP contribution in [0, 0.1) is 6.92 Å². The molecular formula is C24H17Cl2NO3. The summed E-state index contributed by atoms with van der Waals surface area (Å²) in [6.07, 6.45) is 0. The fourth-order valence-electron chi connectivity index (χ4n) is 3.20. The van der Waals surface area contributed by atoms with Gasteiger partial charge in [0, 0.05) is 15.4 Å². The van der Waals surface area contributed by atoms with Crippen molar-refractivity contribution in [3.05, 3.63) is 94.0 Å². The summed E-state index contributed by atoms with van der Waals surface area (Å²) >= 11 is 12.1. The maximum absolute atomic E-state index is 12.7. The summed E-state index contributed by atoms with van der Waals surface area (Å²) in [6.45, 7) is 2.04. The van der Waals surface area contributed by atoms with Crippen molar-refractivity contribution in [1.29, 1.82) is 0 Å². The lowest BCUT2D eigenvalue weighted by Crippen LogP contribution is -2.13. The van der Waals surface area contributed by atoms with Crippen LogP contribution in [-0.2, 0) is 0 Å². The Morgan fingerprint density at radius 1 is 0.867 bits per heavy atom. The molecule has 4 nitrogen and oxygen atoms in total. The van der Waals surface area contributed by atoms with Gasteiger partial charge < -0.3 is 15.2 Å². The molecule has 150 valence electrons. The third-order valence-electron chi connectivity index (χ3n) is 4.72. The summed E-state index contributed by atoms with van der Waals surface area (Å²) in [6, 6.07) is 21.0. The zero-order valence-corrected chi connectivity index (χ0v) is 17.5. The topological polar surface area (TPSA) is 58.6 Å². The molecule has 0 aliphatic rings. The number of aryl methyl sites for hydroxylation is 1. The summed E-state index contributed by atoms with van der Waals surface area (Å²) in [4.78, 5) is 12.7. The van der Waals surface area contributed by atoms with Crippen LogP contribution in [0.5, 0.6) is 17.2 Å². The molecule has 0 aliphatic carbocycles. The molecule has 4 rings (SSSR count). The Labute approximate surface area is 183 Å². The van der Waals surface area contributed by atoms with Crippen molar-refractivity contribution in [1.82, 2.24) is 0 Å². The highest BCUT2D eigenvalue weighted by atomic mass is 35.5. The van der Waals surface area contributed by atoms with E-state index >= 15 is 0 Å². The van der Waals surface area contributed by atoms with Crippen LogP contribution in [0.1, 0.15) is 15.9 Å². The molecule has 0 atom stereocenters. The van der Waals surface area contributed by atoms with Gasteiger partial charge in [0.25, 0.3) is 5.91 Å². The first kappa shape index (κ1) is 20.1. The highest BCUT2D eigenvalue weighted by molar-refractivity contribution is 6.31. The molecular weight excluding hydrogens is 421 g/mol. The van der Waals surface area contributed by atoms with Gasteiger partial charge in [-0.3, -0.25) is 4.79 Å². The van der Waals surface area contributed by atoms with Crippen molar-refractivity contribution in [2.75, 3.05) is 5.32 Å².